The van der Waals surface area contributed by atoms with Crippen molar-refractivity contribution in [1.29, 1.82) is 0 Å². The van der Waals surface area contributed by atoms with Gasteiger partial charge in [0.2, 0.25) is 0 Å². The molecule has 1 heterocycles. The lowest BCUT2D eigenvalue weighted by Crippen LogP contribution is -2.63. The lowest BCUT2D eigenvalue weighted by atomic mass is 10.2. The molecule has 12 heavy (non-hydrogen) atoms. The second-order valence-electron chi connectivity index (χ2n) is 2.36. The second-order valence-corrected chi connectivity index (χ2v) is 2.36. The van der Waals surface area contributed by atoms with Gasteiger partial charge in [-0.15, -0.1) is 0 Å². The quantitative estimate of drug-likeness (QED) is 0.350. The number of hydrogen-bond acceptors (Lipinski definition) is 5. The molecule has 1 rings (SSSR count). The van der Waals surface area contributed by atoms with Crippen molar-refractivity contribution in [2.75, 3.05) is 6.54 Å². The van der Waals surface area contributed by atoms with E-state index in [2.05, 4.69) is 20.5 Å². The van der Waals surface area contributed by atoms with E-state index in [1.54, 1.807) is 0 Å². The molecule has 1 aliphatic rings. The van der Waals surface area contributed by atoms with E-state index < -0.39 is 5.66 Å². The number of aliphatic imine (C=N–C) groups is 2. The minimum Gasteiger partial charge on any atom is -0.384 e. The Hall–Kier alpha value is -1.43. The number of nitrogens with one attached hydrogen (secondary N) is 1. The predicted molar refractivity (Wildman–Crippen MR) is 49.2 cm³/mol. The van der Waals surface area contributed by atoms with E-state index in [9.17, 15) is 0 Å². The zero-order valence-electron chi connectivity index (χ0n) is 6.86. The highest BCUT2D eigenvalue weighted by Gasteiger charge is 2.27. The average Bonchev–Trinajstić information content (AvgIpc) is 2.06. The van der Waals surface area contributed by atoms with E-state index in [1.807, 2.05) is 6.92 Å². The molecule has 0 radical (unpaired) electrons. The van der Waals surface area contributed by atoms with Crippen LogP contribution in [-0.4, -0.2) is 30.6 Å². The molecule has 5 N–H and O–H groups in total. The van der Waals surface area contributed by atoms with Gasteiger partial charge in [0.05, 0.1) is 6.21 Å². The molecule has 1 atom stereocenters. The minimum absolute atomic E-state index is 0.283. The Kier molecular flexibility index (Phi) is 2.39. The van der Waals surface area contributed by atoms with Crippen LogP contribution in [0.3, 0.4) is 0 Å². The zero-order chi connectivity index (χ0) is 9.03. The number of nitrogens with two attached hydrogens (primary N) is 2. The van der Waals surface area contributed by atoms with Crippen LogP contribution in [0.2, 0.25) is 0 Å². The van der Waals surface area contributed by atoms with Gasteiger partial charge in [-0.25, -0.2) is 4.99 Å². The summed E-state index contributed by atoms with van der Waals surface area (Å²) in [4.78, 5) is 7.73. The van der Waals surface area contributed by atoms with E-state index in [0.717, 1.165) is 0 Å². The number of amidine groups is 1. The largest absolute Gasteiger partial charge is 0.384 e. The van der Waals surface area contributed by atoms with Gasteiger partial charge in [0.15, 0.2) is 5.66 Å². The normalized spacial score (nSPS) is 28.7. The summed E-state index contributed by atoms with van der Waals surface area (Å²) in [5, 5.41) is 3.67. The second kappa shape index (κ2) is 3.31. The number of rotatable bonds is 2. The van der Waals surface area contributed by atoms with Crippen LogP contribution in [-0.2, 0) is 0 Å². The van der Waals surface area contributed by atoms with Crippen LogP contribution in [0.5, 0.6) is 0 Å². The van der Waals surface area contributed by atoms with Gasteiger partial charge in [0, 0.05) is 6.54 Å². The summed E-state index contributed by atoms with van der Waals surface area (Å²) in [6.45, 7) is 2.46. The maximum Gasteiger partial charge on any atom is 0.196 e. The molecule has 0 amide bonds. The highest BCUT2D eigenvalue weighted by Crippen LogP contribution is 1.95. The fourth-order valence-corrected chi connectivity index (χ4v) is 0.773. The van der Waals surface area contributed by atoms with E-state index in [-0.39, 0.29) is 5.84 Å². The van der Waals surface area contributed by atoms with Crippen molar-refractivity contribution in [3.05, 3.63) is 0 Å². The van der Waals surface area contributed by atoms with Crippen molar-refractivity contribution in [2.24, 2.45) is 26.6 Å². The van der Waals surface area contributed by atoms with Crippen molar-refractivity contribution in [1.82, 2.24) is 5.43 Å². The van der Waals surface area contributed by atoms with Gasteiger partial charge in [-0.1, -0.05) is 0 Å². The third-order valence-electron chi connectivity index (χ3n) is 1.40. The highest BCUT2D eigenvalue weighted by atomic mass is 15.4. The molecule has 0 aromatic carbocycles. The molecule has 0 aromatic rings. The molecular formula is C6H12N6. The van der Waals surface area contributed by atoms with Crippen molar-refractivity contribution in [2.45, 2.75) is 12.6 Å². The van der Waals surface area contributed by atoms with Gasteiger partial charge in [0.25, 0.3) is 0 Å². The molecule has 0 bridgehead atoms. The molecule has 66 valence electrons. The fraction of sp³-hybridized carbons (Fsp3) is 0.500. The van der Waals surface area contributed by atoms with Crippen molar-refractivity contribution in [3.8, 4) is 0 Å². The molecule has 0 saturated heterocycles. The van der Waals surface area contributed by atoms with Crippen molar-refractivity contribution >= 4 is 18.4 Å². The number of nitrogens with zero attached hydrogens (tertiary/aromatic N) is 3. The first kappa shape index (κ1) is 8.66. The molecule has 0 saturated carbocycles. The predicted octanol–water partition coefficient (Wildman–Crippen LogP) is -1.36. The van der Waals surface area contributed by atoms with Crippen LogP contribution in [0.25, 0.3) is 0 Å². The van der Waals surface area contributed by atoms with E-state index in [0.29, 0.717) is 6.54 Å². The first-order valence-electron chi connectivity index (χ1n) is 3.61. The molecular weight excluding hydrogens is 156 g/mol. The van der Waals surface area contributed by atoms with Gasteiger partial charge < -0.3 is 5.73 Å². The summed E-state index contributed by atoms with van der Waals surface area (Å²) in [6, 6.07) is 0. The Bertz CT molecular complexity index is 242. The first-order valence-corrected chi connectivity index (χ1v) is 3.61. The van der Waals surface area contributed by atoms with Gasteiger partial charge >= 0.3 is 0 Å². The molecule has 0 fully saturated rings. The van der Waals surface area contributed by atoms with Crippen LogP contribution >= 0.6 is 0 Å². The Labute approximate surface area is 70.4 Å². The molecule has 1 unspecified atom stereocenters. The van der Waals surface area contributed by atoms with Crippen LogP contribution in [0.15, 0.2) is 15.1 Å². The Morgan fingerprint density at radius 2 is 2.50 bits per heavy atom. The van der Waals surface area contributed by atoms with Gasteiger partial charge in [-0.2, -0.15) is 5.10 Å². The Morgan fingerprint density at radius 1 is 1.75 bits per heavy atom. The number of hydrazone groups is 1. The topological polar surface area (TPSA) is 101 Å². The van der Waals surface area contributed by atoms with Crippen LogP contribution in [0.1, 0.15) is 6.92 Å². The minimum atomic E-state index is -1.02. The molecule has 0 aromatic heterocycles. The zero-order valence-corrected chi connectivity index (χ0v) is 6.86. The van der Waals surface area contributed by atoms with Crippen LogP contribution in [0.4, 0.5) is 0 Å². The maximum atomic E-state index is 5.76. The maximum absolute atomic E-state index is 5.76. The molecule has 0 aliphatic carbocycles. The fourth-order valence-electron chi connectivity index (χ4n) is 0.773. The third kappa shape index (κ3) is 1.59. The summed E-state index contributed by atoms with van der Waals surface area (Å²) in [5.74, 6) is 0.283. The third-order valence-corrected chi connectivity index (χ3v) is 1.40. The molecule has 0 spiro atoms. The summed E-state index contributed by atoms with van der Waals surface area (Å²) in [6.07, 6.45) is 2.82. The Balaban J connectivity index is 2.78. The van der Waals surface area contributed by atoms with Crippen LogP contribution in [0, 0.1) is 0 Å². The lowest BCUT2D eigenvalue weighted by molar-refractivity contribution is 0.585. The smallest absolute Gasteiger partial charge is 0.196 e. The van der Waals surface area contributed by atoms with E-state index in [1.165, 1.54) is 12.6 Å². The monoisotopic (exact) mass is 168 g/mol. The van der Waals surface area contributed by atoms with Gasteiger partial charge in [-0.05, 0) is 6.92 Å². The average molecular weight is 168 g/mol. The SMILES string of the molecule is CCN=C(N)C1(N)C=NC=NN1. The summed E-state index contributed by atoms with van der Waals surface area (Å²) in [7, 11) is 0. The standard InChI is InChI=1S/C6H12N6/c1-2-10-5(7)6(8)3-9-4-11-12-6/h3-4,12H,2,8H2,1H3,(H2,7,10). The van der Waals surface area contributed by atoms with E-state index in [4.69, 9.17) is 11.5 Å². The lowest BCUT2D eigenvalue weighted by Gasteiger charge is -2.25. The molecule has 6 heteroatoms. The molecule has 6 nitrogen and oxygen atoms in total. The molecule has 1 aliphatic heterocycles. The summed E-state index contributed by atoms with van der Waals surface area (Å²) in [5.41, 5.74) is 12.9. The van der Waals surface area contributed by atoms with Crippen molar-refractivity contribution < 1.29 is 0 Å². The van der Waals surface area contributed by atoms with E-state index >= 15 is 0 Å². The number of hydrogen-bond donors (Lipinski definition) is 3. The first-order chi connectivity index (χ1) is 5.69. The summed E-state index contributed by atoms with van der Waals surface area (Å²) < 4.78 is 0. The Morgan fingerprint density at radius 3 is 3.00 bits per heavy atom. The van der Waals surface area contributed by atoms with Gasteiger partial charge in [-0.3, -0.25) is 16.2 Å². The van der Waals surface area contributed by atoms with Gasteiger partial charge in [0.1, 0.15) is 12.2 Å². The highest BCUT2D eigenvalue weighted by molar-refractivity contribution is 6.06. The van der Waals surface area contributed by atoms with Crippen LogP contribution < -0.4 is 16.9 Å². The summed E-state index contributed by atoms with van der Waals surface area (Å²) >= 11 is 0. The van der Waals surface area contributed by atoms with Crippen molar-refractivity contribution in [3.63, 3.8) is 0 Å².